The molecule has 0 spiro atoms. The van der Waals surface area contributed by atoms with Crippen LogP contribution >= 0.6 is 0 Å². The minimum atomic E-state index is -4.04. The van der Waals surface area contributed by atoms with Crippen molar-refractivity contribution in [2.75, 3.05) is 6.54 Å². The Balaban J connectivity index is 2.93. The molecule has 4 nitrogen and oxygen atoms in total. The van der Waals surface area contributed by atoms with E-state index in [-0.39, 0.29) is 6.54 Å². The molecule has 0 bridgehead atoms. The molecule has 1 atom stereocenters. The third kappa shape index (κ3) is 4.01. The van der Waals surface area contributed by atoms with Gasteiger partial charge in [0.2, 0.25) is 10.0 Å². The molecule has 0 saturated carbocycles. The molecule has 1 rings (SSSR count). The molecule has 0 aliphatic rings. The standard InChI is InChI=1S/C11H15F2NO3S/c1-3-11(2,15)7-14-18(16,17)10-5-8(12)4-9(13)6-10/h4-6,14-15H,3,7H2,1-2H3. The highest BCUT2D eigenvalue weighted by molar-refractivity contribution is 7.89. The Hall–Kier alpha value is -1.05. The van der Waals surface area contributed by atoms with Crippen molar-refractivity contribution < 1.29 is 22.3 Å². The summed E-state index contributed by atoms with van der Waals surface area (Å²) in [4.78, 5) is -0.507. The molecule has 0 aliphatic heterocycles. The van der Waals surface area contributed by atoms with Crippen LogP contribution in [0.4, 0.5) is 8.78 Å². The number of aliphatic hydroxyl groups is 1. The SMILES string of the molecule is CCC(C)(O)CNS(=O)(=O)c1cc(F)cc(F)c1. The van der Waals surface area contributed by atoms with Crippen LogP contribution in [-0.2, 0) is 10.0 Å². The zero-order valence-electron chi connectivity index (χ0n) is 10.1. The van der Waals surface area contributed by atoms with Gasteiger partial charge in [-0.25, -0.2) is 21.9 Å². The van der Waals surface area contributed by atoms with Crippen molar-refractivity contribution in [3.05, 3.63) is 29.8 Å². The Kier molecular flexibility index (Phi) is 4.41. The fourth-order valence-electron chi connectivity index (χ4n) is 1.14. The van der Waals surface area contributed by atoms with Crippen LogP contribution in [0, 0.1) is 11.6 Å². The maximum Gasteiger partial charge on any atom is 0.240 e. The maximum absolute atomic E-state index is 12.9. The Labute approximate surface area is 105 Å². The van der Waals surface area contributed by atoms with Crippen molar-refractivity contribution in [1.82, 2.24) is 4.72 Å². The van der Waals surface area contributed by atoms with Crippen molar-refractivity contribution in [3.63, 3.8) is 0 Å². The van der Waals surface area contributed by atoms with E-state index in [1.807, 2.05) is 0 Å². The van der Waals surface area contributed by atoms with Crippen molar-refractivity contribution in [3.8, 4) is 0 Å². The summed E-state index contributed by atoms with van der Waals surface area (Å²) in [5.41, 5.74) is -1.21. The summed E-state index contributed by atoms with van der Waals surface area (Å²) in [6.07, 6.45) is 0.340. The van der Waals surface area contributed by atoms with Gasteiger partial charge in [-0.05, 0) is 25.5 Å². The van der Waals surface area contributed by atoms with Crippen LogP contribution in [0.5, 0.6) is 0 Å². The van der Waals surface area contributed by atoms with Crippen molar-refractivity contribution in [2.45, 2.75) is 30.8 Å². The third-order valence-corrected chi connectivity index (χ3v) is 3.93. The Morgan fingerprint density at radius 3 is 2.22 bits per heavy atom. The predicted octanol–water partition coefficient (Wildman–Crippen LogP) is 1.40. The molecule has 0 radical (unpaired) electrons. The molecule has 2 N–H and O–H groups in total. The molecule has 1 unspecified atom stereocenters. The van der Waals surface area contributed by atoms with Gasteiger partial charge in [0.15, 0.2) is 0 Å². The van der Waals surface area contributed by atoms with Crippen LogP contribution in [0.15, 0.2) is 23.1 Å². The Bertz CT molecular complexity index is 509. The Morgan fingerprint density at radius 1 is 1.28 bits per heavy atom. The van der Waals surface area contributed by atoms with Crippen LogP contribution in [0.2, 0.25) is 0 Å². The van der Waals surface area contributed by atoms with E-state index in [1.165, 1.54) is 6.92 Å². The first-order valence-electron chi connectivity index (χ1n) is 5.34. The zero-order chi connectivity index (χ0) is 14.0. The zero-order valence-corrected chi connectivity index (χ0v) is 10.9. The fraction of sp³-hybridized carbons (Fsp3) is 0.455. The number of rotatable bonds is 5. The Morgan fingerprint density at radius 2 is 1.78 bits per heavy atom. The maximum atomic E-state index is 12.9. The molecule has 1 aromatic carbocycles. The van der Waals surface area contributed by atoms with Crippen LogP contribution in [0.1, 0.15) is 20.3 Å². The number of nitrogens with one attached hydrogen (secondary N) is 1. The summed E-state index contributed by atoms with van der Waals surface area (Å²) in [5.74, 6) is -1.95. The van der Waals surface area contributed by atoms with E-state index >= 15 is 0 Å². The van der Waals surface area contributed by atoms with Gasteiger partial charge in [0, 0.05) is 12.6 Å². The van der Waals surface area contributed by atoms with Gasteiger partial charge < -0.3 is 5.11 Å². The largest absolute Gasteiger partial charge is 0.389 e. The molecule has 0 amide bonds. The van der Waals surface area contributed by atoms with Crippen LogP contribution in [0.3, 0.4) is 0 Å². The third-order valence-electron chi connectivity index (χ3n) is 2.55. The van der Waals surface area contributed by atoms with Gasteiger partial charge in [-0.1, -0.05) is 6.92 Å². The molecule has 0 fully saturated rings. The van der Waals surface area contributed by atoms with Gasteiger partial charge in [-0.15, -0.1) is 0 Å². The molecule has 7 heteroatoms. The summed E-state index contributed by atoms with van der Waals surface area (Å²) in [7, 11) is -4.04. The molecule has 0 heterocycles. The first-order chi connectivity index (χ1) is 8.16. The second kappa shape index (κ2) is 5.29. The molecule has 102 valence electrons. The molecule has 1 aromatic rings. The molecular weight excluding hydrogens is 264 g/mol. The molecule has 0 aromatic heterocycles. The highest BCUT2D eigenvalue weighted by Crippen LogP contribution is 2.14. The topological polar surface area (TPSA) is 66.4 Å². The average Bonchev–Trinajstić information content (AvgIpc) is 2.25. The highest BCUT2D eigenvalue weighted by atomic mass is 32.2. The van der Waals surface area contributed by atoms with Crippen LogP contribution in [-0.4, -0.2) is 25.7 Å². The van der Waals surface area contributed by atoms with E-state index in [0.717, 1.165) is 0 Å². The first-order valence-corrected chi connectivity index (χ1v) is 6.83. The monoisotopic (exact) mass is 279 g/mol. The van der Waals surface area contributed by atoms with Gasteiger partial charge in [0.25, 0.3) is 0 Å². The van der Waals surface area contributed by atoms with E-state index in [0.29, 0.717) is 24.6 Å². The normalized spacial score (nSPS) is 15.4. The van der Waals surface area contributed by atoms with E-state index < -0.39 is 32.2 Å². The second-order valence-corrected chi connectivity index (χ2v) is 6.05. The first kappa shape index (κ1) is 15.0. The quantitative estimate of drug-likeness (QED) is 0.856. The van der Waals surface area contributed by atoms with E-state index in [2.05, 4.69) is 4.72 Å². The number of hydrogen-bond donors (Lipinski definition) is 2. The van der Waals surface area contributed by atoms with Gasteiger partial charge in [0.05, 0.1) is 10.5 Å². The fourth-order valence-corrected chi connectivity index (χ4v) is 2.35. The van der Waals surface area contributed by atoms with Crippen molar-refractivity contribution >= 4 is 10.0 Å². The summed E-state index contributed by atoms with van der Waals surface area (Å²) in [6, 6.07) is 2.01. The van der Waals surface area contributed by atoms with E-state index in [9.17, 15) is 22.3 Å². The molecule has 18 heavy (non-hydrogen) atoms. The number of halogens is 2. The summed E-state index contributed by atoms with van der Waals surface area (Å²) in [5, 5.41) is 9.67. The van der Waals surface area contributed by atoms with E-state index in [1.54, 1.807) is 6.92 Å². The summed E-state index contributed by atoms with van der Waals surface area (Å²) in [6.45, 7) is 2.92. The van der Waals surface area contributed by atoms with Crippen molar-refractivity contribution in [2.24, 2.45) is 0 Å². The molecular formula is C11H15F2NO3S. The summed E-state index contributed by atoms with van der Waals surface area (Å²) < 4.78 is 51.4. The smallest absolute Gasteiger partial charge is 0.240 e. The lowest BCUT2D eigenvalue weighted by atomic mass is 10.1. The molecule has 0 saturated heterocycles. The van der Waals surface area contributed by atoms with E-state index in [4.69, 9.17) is 0 Å². The molecule has 0 aliphatic carbocycles. The lowest BCUT2D eigenvalue weighted by Gasteiger charge is -2.21. The average molecular weight is 279 g/mol. The lowest BCUT2D eigenvalue weighted by Crippen LogP contribution is -2.40. The van der Waals surface area contributed by atoms with Gasteiger partial charge in [-0.2, -0.15) is 0 Å². The van der Waals surface area contributed by atoms with Crippen LogP contribution in [0.25, 0.3) is 0 Å². The number of hydrogen-bond acceptors (Lipinski definition) is 3. The van der Waals surface area contributed by atoms with Gasteiger partial charge in [-0.3, -0.25) is 0 Å². The highest BCUT2D eigenvalue weighted by Gasteiger charge is 2.23. The number of benzene rings is 1. The number of sulfonamides is 1. The van der Waals surface area contributed by atoms with Gasteiger partial charge in [0.1, 0.15) is 11.6 Å². The summed E-state index contributed by atoms with van der Waals surface area (Å²) >= 11 is 0. The second-order valence-electron chi connectivity index (χ2n) is 4.28. The lowest BCUT2D eigenvalue weighted by molar-refractivity contribution is 0.0613. The van der Waals surface area contributed by atoms with Crippen LogP contribution < -0.4 is 4.72 Å². The van der Waals surface area contributed by atoms with Crippen molar-refractivity contribution in [1.29, 1.82) is 0 Å². The predicted molar refractivity (Wildman–Crippen MR) is 62.5 cm³/mol. The minimum Gasteiger partial charge on any atom is -0.389 e. The minimum absolute atomic E-state index is 0.232. The van der Waals surface area contributed by atoms with Gasteiger partial charge >= 0.3 is 0 Å².